The van der Waals surface area contributed by atoms with Crippen molar-refractivity contribution in [3.8, 4) is 0 Å². The monoisotopic (exact) mass is 399 g/mol. The van der Waals surface area contributed by atoms with Gasteiger partial charge < -0.3 is 14.5 Å². The zero-order valence-electron chi connectivity index (χ0n) is 15.8. The summed E-state index contributed by atoms with van der Waals surface area (Å²) in [7, 11) is 0. The molecule has 0 saturated carbocycles. The molecule has 2 atom stereocenters. The molecular formula is C21H22ClN3O3. The van der Waals surface area contributed by atoms with Gasteiger partial charge >= 0.3 is 5.97 Å². The smallest absolute Gasteiger partial charge is 0.329 e. The molecule has 28 heavy (non-hydrogen) atoms. The summed E-state index contributed by atoms with van der Waals surface area (Å²) in [5.74, 6) is -0.848. The molecule has 0 aliphatic rings. The molecule has 2 aromatic heterocycles. The topological polar surface area (TPSA) is 72.7 Å². The molecule has 1 amide bonds. The molecule has 0 spiro atoms. The summed E-state index contributed by atoms with van der Waals surface area (Å²) in [4.78, 5) is 29.5. The van der Waals surface area contributed by atoms with Crippen molar-refractivity contribution >= 4 is 29.1 Å². The second-order valence-electron chi connectivity index (χ2n) is 6.66. The van der Waals surface area contributed by atoms with Crippen molar-refractivity contribution in [1.29, 1.82) is 0 Å². The van der Waals surface area contributed by atoms with Gasteiger partial charge in [0.2, 0.25) is 0 Å². The summed E-state index contributed by atoms with van der Waals surface area (Å²) in [6, 6.07) is 11.6. The first kappa shape index (κ1) is 19.9. The molecule has 0 unspecified atom stereocenters. The van der Waals surface area contributed by atoms with Gasteiger partial charge in [0.15, 0.2) is 0 Å². The minimum atomic E-state index is -0.732. The Kier molecular flexibility index (Phi) is 6.31. The zero-order valence-corrected chi connectivity index (χ0v) is 16.5. The van der Waals surface area contributed by atoms with E-state index in [0.29, 0.717) is 21.9 Å². The molecule has 1 N–H and O–H groups in total. The van der Waals surface area contributed by atoms with Crippen LogP contribution >= 0.6 is 11.6 Å². The Morgan fingerprint density at radius 1 is 1.18 bits per heavy atom. The molecule has 1 aromatic carbocycles. The van der Waals surface area contributed by atoms with Gasteiger partial charge in [0.1, 0.15) is 18.3 Å². The summed E-state index contributed by atoms with van der Waals surface area (Å²) < 4.78 is 7.22. The van der Waals surface area contributed by atoms with Gasteiger partial charge in [-0.15, -0.1) is 0 Å². The standard InChI is InChI=1S/C21H22ClN3O3/c1-3-14(2)19(24-20(26)15-7-5-4-6-8-15)21(27)28-13-17-12-25-11-16(22)9-10-18(25)23-17/h4-12,14,19H,3,13H2,1-2H3,(H,24,26)/t14-,19+/m1/s1. The lowest BCUT2D eigenvalue weighted by molar-refractivity contribution is -0.148. The van der Waals surface area contributed by atoms with E-state index >= 15 is 0 Å². The highest BCUT2D eigenvalue weighted by Crippen LogP contribution is 2.14. The van der Waals surface area contributed by atoms with E-state index < -0.39 is 12.0 Å². The van der Waals surface area contributed by atoms with Crippen LogP contribution in [0.15, 0.2) is 54.9 Å². The third-order valence-electron chi connectivity index (χ3n) is 4.62. The molecule has 2 heterocycles. The van der Waals surface area contributed by atoms with Crippen LogP contribution in [0.4, 0.5) is 0 Å². The molecule has 146 valence electrons. The maximum absolute atomic E-state index is 12.7. The first-order valence-electron chi connectivity index (χ1n) is 9.13. The van der Waals surface area contributed by atoms with Crippen molar-refractivity contribution in [1.82, 2.24) is 14.7 Å². The Morgan fingerprint density at radius 2 is 1.93 bits per heavy atom. The minimum absolute atomic E-state index is 0.0201. The van der Waals surface area contributed by atoms with Gasteiger partial charge in [0.05, 0.1) is 10.7 Å². The Labute approximate surface area is 168 Å². The van der Waals surface area contributed by atoms with E-state index in [1.807, 2.05) is 19.9 Å². The number of fused-ring (bicyclic) bond motifs is 1. The van der Waals surface area contributed by atoms with Crippen LogP contribution in [0.2, 0.25) is 5.02 Å². The normalized spacial score (nSPS) is 13.1. The van der Waals surface area contributed by atoms with Gasteiger partial charge in [0, 0.05) is 18.0 Å². The number of nitrogens with zero attached hydrogens (tertiary/aromatic N) is 2. The minimum Gasteiger partial charge on any atom is -0.458 e. The maximum Gasteiger partial charge on any atom is 0.329 e. The Bertz CT molecular complexity index is 971. The number of aromatic nitrogens is 2. The van der Waals surface area contributed by atoms with Crippen LogP contribution in [-0.2, 0) is 16.1 Å². The molecule has 0 bridgehead atoms. The number of nitrogens with one attached hydrogen (secondary N) is 1. The highest BCUT2D eigenvalue weighted by Gasteiger charge is 2.28. The second-order valence-corrected chi connectivity index (χ2v) is 7.09. The lowest BCUT2D eigenvalue weighted by Gasteiger charge is -2.22. The van der Waals surface area contributed by atoms with Gasteiger partial charge in [-0.3, -0.25) is 4.79 Å². The van der Waals surface area contributed by atoms with Gasteiger partial charge in [-0.25, -0.2) is 9.78 Å². The van der Waals surface area contributed by atoms with Crippen LogP contribution in [0.3, 0.4) is 0 Å². The number of esters is 1. The number of hydrogen-bond acceptors (Lipinski definition) is 4. The van der Waals surface area contributed by atoms with Crippen molar-refractivity contribution in [2.45, 2.75) is 32.9 Å². The van der Waals surface area contributed by atoms with Crippen molar-refractivity contribution in [3.63, 3.8) is 0 Å². The molecule has 0 radical (unpaired) electrons. The number of amides is 1. The predicted octanol–water partition coefficient (Wildman–Crippen LogP) is 3.88. The van der Waals surface area contributed by atoms with E-state index in [1.54, 1.807) is 53.2 Å². The van der Waals surface area contributed by atoms with Crippen molar-refractivity contribution in [3.05, 3.63) is 71.1 Å². The number of halogens is 1. The van der Waals surface area contributed by atoms with Crippen molar-refractivity contribution in [2.24, 2.45) is 5.92 Å². The fourth-order valence-corrected chi connectivity index (χ4v) is 2.97. The van der Waals surface area contributed by atoms with E-state index in [0.717, 1.165) is 6.42 Å². The Hall–Kier alpha value is -2.86. The first-order valence-corrected chi connectivity index (χ1v) is 9.51. The number of carbonyl (C=O) groups excluding carboxylic acids is 2. The van der Waals surface area contributed by atoms with Crippen LogP contribution in [0.25, 0.3) is 5.65 Å². The summed E-state index contributed by atoms with van der Waals surface area (Å²) in [6.07, 6.45) is 4.22. The molecule has 3 rings (SSSR count). The van der Waals surface area contributed by atoms with Gasteiger partial charge in [0.25, 0.3) is 5.91 Å². The molecule has 3 aromatic rings. The zero-order chi connectivity index (χ0) is 20.1. The summed E-state index contributed by atoms with van der Waals surface area (Å²) in [5, 5.41) is 3.39. The van der Waals surface area contributed by atoms with Crippen LogP contribution in [0.5, 0.6) is 0 Å². The fraction of sp³-hybridized carbons (Fsp3) is 0.286. The maximum atomic E-state index is 12.7. The van der Waals surface area contributed by atoms with Gasteiger partial charge in [-0.1, -0.05) is 50.1 Å². The molecule has 0 aliphatic carbocycles. The van der Waals surface area contributed by atoms with Crippen LogP contribution < -0.4 is 5.32 Å². The number of imidazole rings is 1. The van der Waals surface area contributed by atoms with E-state index in [9.17, 15) is 9.59 Å². The lowest BCUT2D eigenvalue weighted by atomic mass is 9.99. The molecule has 0 fully saturated rings. The summed E-state index contributed by atoms with van der Waals surface area (Å²) >= 11 is 5.97. The Morgan fingerprint density at radius 3 is 2.64 bits per heavy atom. The van der Waals surface area contributed by atoms with Crippen LogP contribution in [0.1, 0.15) is 36.3 Å². The molecule has 6 nitrogen and oxygen atoms in total. The quantitative estimate of drug-likeness (QED) is 0.612. The number of pyridine rings is 1. The summed E-state index contributed by atoms with van der Waals surface area (Å²) in [5.41, 5.74) is 1.82. The third-order valence-corrected chi connectivity index (χ3v) is 4.84. The lowest BCUT2D eigenvalue weighted by Crippen LogP contribution is -2.45. The molecule has 0 aliphatic heterocycles. The fourth-order valence-electron chi connectivity index (χ4n) is 2.80. The second kappa shape index (κ2) is 8.89. The molecular weight excluding hydrogens is 378 g/mol. The first-order chi connectivity index (χ1) is 13.5. The van der Waals surface area contributed by atoms with E-state index in [4.69, 9.17) is 16.3 Å². The largest absolute Gasteiger partial charge is 0.458 e. The van der Waals surface area contributed by atoms with E-state index in [2.05, 4.69) is 10.3 Å². The van der Waals surface area contributed by atoms with E-state index in [-0.39, 0.29) is 18.4 Å². The predicted molar refractivity (Wildman–Crippen MR) is 107 cm³/mol. The average Bonchev–Trinajstić information content (AvgIpc) is 3.12. The van der Waals surface area contributed by atoms with Crippen molar-refractivity contribution < 1.29 is 14.3 Å². The highest BCUT2D eigenvalue weighted by atomic mass is 35.5. The number of hydrogen-bond donors (Lipinski definition) is 1. The van der Waals surface area contributed by atoms with Gasteiger partial charge in [-0.05, 0) is 30.2 Å². The van der Waals surface area contributed by atoms with Crippen molar-refractivity contribution in [2.75, 3.05) is 0 Å². The van der Waals surface area contributed by atoms with Gasteiger partial charge in [-0.2, -0.15) is 0 Å². The third kappa shape index (κ3) is 4.70. The number of ether oxygens (including phenoxy) is 1. The Balaban J connectivity index is 1.67. The number of carbonyl (C=O) groups is 2. The highest BCUT2D eigenvalue weighted by molar-refractivity contribution is 6.30. The number of rotatable bonds is 7. The molecule has 0 saturated heterocycles. The summed E-state index contributed by atoms with van der Waals surface area (Å²) in [6.45, 7) is 3.89. The van der Waals surface area contributed by atoms with E-state index in [1.165, 1.54) is 0 Å². The van der Waals surface area contributed by atoms with Crippen LogP contribution in [0, 0.1) is 5.92 Å². The number of benzene rings is 1. The van der Waals surface area contributed by atoms with Crippen LogP contribution in [-0.4, -0.2) is 27.3 Å². The SMILES string of the molecule is CC[C@@H](C)[C@H](NC(=O)c1ccccc1)C(=O)OCc1cn2cc(Cl)ccc2n1. The average molecular weight is 400 g/mol. The molecule has 7 heteroatoms.